The van der Waals surface area contributed by atoms with Gasteiger partial charge in [0, 0.05) is 6.04 Å². The second kappa shape index (κ2) is 4.44. The maximum absolute atomic E-state index is 10.5. The van der Waals surface area contributed by atoms with Gasteiger partial charge in [-0.3, -0.25) is 0 Å². The zero-order valence-corrected chi connectivity index (χ0v) is 8.63. The van der Waals surface area contributed by atoms with E-state index in [1.807, 2.05) is 0 Å². The van der Waals surface area contributed by atoms with Gasteiger partial charge in [-0.2, -0.15) is 0 Å². The number of aliphatic hydroxyl groups excluding tert-OH is 1. The van der Waals surface area contributed by atoms with Gasteiger partial charge in [-0.05, 0) is 19.3 Å². The Labute approximate surface area is 92.4 Å². The molecule has 1 aliphatic rings. The average Bonchev–Trinajstić information content (AvgIpc) is 2.65. The van der Waals surface area contributed by atoms with Crippen LogP contribution >= 0.6 is 0 Å². The third-order valence-electron chi connectivity index (χ3n) is 2.63. The highest BCUT2D eigenvalue weighted by Crippen LogP contribution is 2.21. The Balaban J connectivity index is 1.97. The number of aromatic carboxylic acids is 1. The van der Waals surface area contributed by atoms with E-state index in [9.17, 15) is 9.90 Å². The molecule has 1 heterocycles. The number of nitrogens with zero attached hydrogens (tertiary/aromatic N) is 2. The number of hydrogen-bond donors (Lipinski definition) is 3. The predicted molar refractivity (Wildman–Crippen MR) is 56.3 cm³/mol. The minimum absolute atomic E-state index is 0.0722. The third kappa shape index (κ3) is 2.46. The van der Waals surface area contributed by atoms with Crippen LogP contribution in [-0.2, 0) is 0 Å². The van der Waals surface area contributed by atoms with Gasteiger partial charge < -0.3 is 15.5 Å². The smallest absolute Gasteiger partial charge is 0.356 e. The van der Waals surface area contributed by atoms with Crippen molar-refractivity contribution in [1.82, 2.24) is 9.97 Å². The van der Waals surface area contributed by atoms with E-state index in [1.54, 1.807) is 0 Å². The number of carboxylic acids is 1. The molecule has 1 fully saturated rings. The van der Waals surface area contributed by atoms with Crippen molar-refractivity contribution in [2.24, 2.45) is 0 Å². The fourth-order valence-corrected chi connectivity index (χ4v) is 1.81. The molecule has 1 saturated carbocycles. The summed E-state index contributed by atoms with van der Waals surface area (Å²) in [4.78, 5) is 18.2. The van der Waals surface area contributed by atoms with Gasteiger partial charge in [0.25, 0.3) is 0 Å². The Hall–Kier alpha value is -1.69. The summed E-state index contributed by atoms with van der Waals surface area (Å²) in [5, 5.41) is 21.1. The van der Waals surface area contributed by atoms with Gasteiger partial charge in [0.15, 0.2) is 5.69 Å². The van der Waals surface area contributed by atoms with E-state index in [4.69, 9.17) is 5.11 Å². The number of aliphatic hydroxyl groups is 1. The van der Waals surface area contributed by atoms with E-state index < -0.39 is 5.97 Å². The van der Waals surface area contributed by atoms with Gasteiger partial charge in [0.2, 0.25) is 0 Å². The van der Waals surface area contributed by atoms with E-state index in [-0.39, 0.29) is 17.8 Å². The fraction of sp³-hybridized carbons (Fsp3) is 0.500. The lowest BCUT2D eigenvalue weighted by Crippen LogP contribution is -2.17. The molecular formula is C10H13N3O3. The van der Waals surface area contributed by atoms with Crippen LogP contribution in [0.4, 0.5) is 5.82 Å². The second-order valence-electron chi connectivity index (χ2n) is 3.90. The van der Waals surface area contributed by atoms with Gasteiger partial charge >= 0.3 is 5.97 Å². The molecule has 16 heavy (non-hydrogen) atoms. The van der Waals surface area contributed by atoms with Crippen molar-refractivity contribution in [3.8, 4) is 0 Å². The molecule has 86 valence electrons. The number of rotatable bonds is 3. The summed E-state index contributed by atoms with van der Waals surface area (Å²) in [6.07, 6.45) is 4.75. The number of carbonyl (C=O) groups is 1. The van der Waals surface area contributed by atoms with Crippen LogP contribution in [0.1, 0.15) is 29.8 Å². The lowest BCUT2D eigenvalue weighted by Gasteiger charge is -2.11. The van der Waals surface area contributed by atoms with Gasteiger partial charge in [-0.25, -0.2) is 14.8 Å². The van der Waals surface area contributed by atoms with Crippen LogP contribution in [0, 0.1) is 0 Å². The van der Waals surface area contributed by atoms with Crippen LogP contribution in [0.3, 0.4) is 0 Å². The van der Waals surface area contributed by atoms with E-state index >= 15 is 0 Å². The highest BCUT2D eigenvalue weighted by atomic mass is 16.4. The first kappa shape index (κ1) is 10.8. The number of aromatic nitrogens is 2. The van der Waals surface area contributed by atoms with Crippen molar-refractivity contribution < 1.29 is 15.0 Å². The van der Waals surface area contributed by atoms with E-state index in [2.05, 4.69) is 15.3 Å². The maximum Gasteiger partial charge on any atom is 0.356 e. The monoisotopic (exact) mass is 223 g/mol. The fourth-order valence-electron chi connectivity index (χ4n) is 1.81. The standard InChI is InChI=1S/C10H13N3O3/c14-7-2-1-6(3-7)13-9-5-11-8(4-12-9)10(15)16/h4-7,14H,1-3H2,(H,12,13)(H,15,16)/t6-,7+/m0/s1. The normalized spacial score (nSPS) is 24.3. The SMILES string of the molecule is O=C(O)c1cnc(N[C@H]2CC[C@@H](O)C2)cn1. The first-order valence-electron chi connectivity index (χ1n) is 5.15. The summed E-state index contributed by atoms with van der Waals surface area (Å²) in [6, 6.07) is 0.194. The topological polar surface area (TPSA) is 95.3 Å². The van der Waals surface area contributed by atoms with Crippen LogP contribution in [0.25, 0.3) is 0 Å². The predicted octanol–water partition coefficient (Wildman–Crippen LogP) is 0.500. The Kier molecular flexibility index (Phi) is 3.00. The summed E-state index contributed by atoms with van der Waals surface area (Å²) < 4.78 is 0. The first-order valence-corrected chi connectivity index (χ1v) is 5.15. The Bertz CT molecular complexity index is 379. The molecule has 3 N–H and O–H groups in total. The van der Waals surface area contributed by atoms with E-state index in [1.165, 1.54) is 12.4 Å². The molecule has 1 aromatic heterocycles. The summed E-state index contributed by atoms with van der Waals surface area (Å²) in [7, 11) is 0. The summed E-state index contributed by atoms with van der Waals surface area (Å²) >= 11 is 0. The zero-order valence-electron chi connectivity index (χ0n) is 8.63. The second-order valence-corrected chi connectivity index (χ2v) is 3.90. The minimum atomic E-state index is -1.09. The molecule has 6 nitrogen and oxygen atoms in total. The van der Waals surface area contributed by atoms with Crippen LogP contribution in [0.15, 0.2) is 12.4 Å². The molecular weight excluding hydrogens is 210 g/mol. The molecule has 2 atom stereocenters. The molecule has 6 heteroatoms. The Morgan fingerprint density at radius 2 is 2.19 bits per heavy atom. The highest BCUT2D eigenvalue weighted by molar-refractivity contribution is 5.84. The van der Waals surface area contributed by atoms with Crippen molar-refractivity contribution >= 4 is 11.8 Å². The molecule has 0 aromatic carbocycles. The summed E-state index contributed by atoms with van der Waals surface area (Å²) in [5.74, 6) is -0.542. The first-order chi connectivity index (χ1) is 7.65. The number of hydrogen-bond acceptors (Lipinski definition) is 5. The van der Waals surface area contributed by atoms with Crippen LogP contribution in [0.5, 0.6) is 0 Å². The van der Waals surface area contributed by atoms with Gasteiger partial charge in [0.1, 0.15) is 5.82 Å². The van der Waals surface area contributed by atoms with Crippen molar-refractivity contribution in [3.05, 3.63) is 18.1 Å². The minimum Gasteiger partial charge on any atom is -0.476 e. The lowest BCUT2D eigenvalue weighted by atomic mass is 10.2. The summed E-state index contributed by atoms with van der Waals surface area (Å²) in [5.41, 5.74) is -0.0722. The Morgan fingerprint density at radius 1 is 1.38 bits per heavy atom. The average molecular weight is 223 g/mol. The van der Waals surface area contributed by atoms with Crippen LogP contribution < -0.4 is 5.32 Å². The molecule has 0 bridgehead atoms. The number of anilines is 1. The largest absolute Gasteiger partial charge is 0.476 e. The molecule has 0 radical (unpaired) electrons. The third-order valence-corrected chi connectivity index (χ3v) is 2.63. The van der Waals surface area contributed by atoms with Gasteiger partial charge in [-0.15, -0.1) is 0 Å². The van der Waals surface area contributed by atoms with Gasteiger partial charge in [-0.1, -0.05) is 0 Å². The Morgan fingerprint density at radius 3 is 2.69 bits per heavy atom. The maximum atomic E-state index is 10.5. The molecule has 0 saturated heterocycles. The highest BCUT2D eigenvalue weighted by Gasteiger charge is 2.22. The number of nitrogens with one attached hydrogen (secondary N) is 1. The lowest BCUT2D eigenvalue weighted by molar-refractivity contribution is 0.0690. The van der Waals surface area contributed by atoms with Crippen LogP contribution in [0.2, 0.25) is 0 Å². The molecule has 2 rings (SSSR count). The zero-order chi connectivity index (χ0) is 11.5. The van der Waals surface area contributed by atoms with Crippen molar-refractivity contribution in [3.63, 3.8) is 0 Å². The molecule has 1 aliphatic carbocycles. The van der Waals surface area contributed by atoms with Crippen molar-refractivity contribution in [2.75, 3.05) is 5.32 Å². The van der Waals surface area contributed by atoms with Crippen LogP contribution in [-0.4, -0.2) is 38.3 Å². The molecule has 0 spiro atoms. The quantitative estimate of drug-likeness (QED) is 0.690. The molecule has 0 amide bonds. The summed E-state index contributed by atoms with van der Waals surface area (Å²) in [6.45, 7) is 0. The molecule has 0 aliphatic heterocycles. The van der Waals surface area contributed by atoms with E-state index in [0.717, 1.165) is 12.8 Å². The number of carboxylic acid groups (broad SMARTS) is 1. The molecule has 1 aromatic rings. The molecule has 0 unspecified atom stereocenters. The van der Waals surface area contributed by atoms with E-state index in [0.29, 0.717) is 12.2 Å². The van der Waals surface area contributed by atoms with Crippen molar-refractivity contribution in [1.29, 1.82) is 0 Å². The van der Waals surface area contributed by atoms with Crippen molar-refractivity contribution in [2.45, 2.75) is 31.4 Å². The van der Waals surface area contributed by atoms with Gasteiger partial charge in [0.05, 0.1) is 18.5 Å².